The number of aliphatic hydroxyl groups is 1. The number of oxazole rings is 1. The fraction of sp³-hybridized carbons (Fsp3) is 0.267. The van der Waals surface area contributed by atoms with Gasteiger partial charge in [0.25, 0.3) is 0 Å². The number of fused-ring (bicyclic) bond motifs is 1. The van der Waals surface area contributed by atoms with E-state index in [9.17, 15) is 31.4 Å². The number of hydrogen-bond acceptors (Lipinski definition) is 7. The van der Waals surface area contributed by atoms with Crippen LogP contribution in [0.3, 0.4) is 0 Å². The zero-order valence-electron chi connectivity index (χ0n) is 23.2. The zero-order chi connectivity index (χ0) is 31.7. The minimum absolute atomic E-state index is 0.00520. The Labute approximate surface area is 251 Å². The summed E-state index contributed by atoms with van der Waals surface area (Å²) in [5.74, 6) is -1.71. The molecule has 1 fully saturated rings. The second-order valence-electron chi connectivity index (χ2n) is 10.5. The van der Waals surface area contributed by atoms with Crippen molar-refractivity contribution in [1.82, 2.24) is 14.8 Å². The summed E-state index contributed by atoms with van der Waals surface area (Å²) in [6.07, 6.45) is -5.66. The average Bonchev–Trinajstić information content (AvgIpc) is 3.60. The standard InChI is InChI=1S/C30H23F6N3O4S/c1-13-6-23-24(43-30(35,36)42-23)11-18(13)28-27(37-15(3)41-28)19-8-16(17-9-21(31)20(12-40)25(44)10-17)4-5-22(19)39-14(2)7-26(38-39)29(32,33)34/h4-11,13,18,40,44H,12H2,1-3H3. The Morgan fingerprint density at radius 1 is 1.02 bits per heavy atom. The van der Waals surface area contributed by atoms with Gasteiger partial charge in [0, 0.05) is 34.6 Å². The largest absolute Gasteiger partial charge is 0.586 e. The van der Waals surface area contributed by atoms with Gasteiger partial charge in [0.15, 0.2) is 23.1 Å². The van der Waals surface area contributed by atoms with Gasteiger partial charge in [0.05, 0.1) is 12.3 Å². The number of rotatable bonds is 5. The number of aliphatic hydroxyl groups excluding tert-OH is 1. The molecule has 2 atom stereocenters. The summed E-state index contributed by atoms with van der Waals surface area (Å²) in [5, 5.41) is 13.3. The molecule has 44 heavy (non-hydrogen) atoms. The fourth-order valence-electron chi connectivity index (χ4n) is 5.34. The summed E-state index contributed by atoms with van der Waals surface area (Å²) in [5.41, 5.74) is 0.564. The Morgan fingerprint density at radius 3 is 2.36 bits per heavy atom. The van der Waals surface area contributed by atoms with E-state index in [1.165, 1.54) is 31.2 Å². The summed E-state index contributed by atoms with van der Waals surface area (Å²) in [6.45, 7) is 4.21. The second-order valence-corrected chi connectivity index (χ2v) is 11.0. The third kappa shape index (κ3) is 5.25. The van der Waals surface area contributed by atoms with Gasteiger partial charge in [-0.05, 0) is 66.5 Å². The molecule has 4 aromatic rings. The molecule has 1 aliphatic heterocycles. The van der Waals surface area contributed by atoms with E-state index < -0.39 is 42.4 Å². The molecule has 0 bridgehead atoms. The molecule has 1 N–H and O–H groups in total. The maximum Gasteiger partial charge on any atom is 0.586 e. The number of aryl methyl sites for hydroxylation is 2. The first kappa shape index (κ1) is 29.9. The second kappa shape index (κ2) is 10.5. The summed E-state index contributed by atoms with van der Waals surface area (Å²) in [4.78, 5) is 4.75. The summed E-state index contributed by atoms with van der Waals surface area (Å²) in [7, 11) is 0. The molecule has 0 radical (unpaired) electrons. The van der Waals surface area contributed by atoms with E-state index in [-0.39, 0.29) is 56.3 Å². The number of ether oxygens (including phenoxy) is 2. The SMILES string of the molecule is Cc1nc(-c2cc(-c3cc(F)c(CO)c(S)c3)ccc2-n2nc(C(F)(F)F)cc2C)c(C2C=C3OC(F)(F)OC3=CC2C)o1. The van der Waals surface area contributed by atoms with E-state index >= 15 is 0 Å². The van der Waals surface area contributed by atoms with Crippen LogP contribution in [0.1, 0.15) is 41.4 Å². The Kier molecular flexibility index (Phi) is 7.11. The van der Waals surface area contributed by atoms with Crippen LogP contribution >= 0.6 is 12.6 Å². The number of allylic oxidation sites excluding steroid dienone is 2. The molecule has 14 heteroatoms. The third-order valence-electron chi connectivity index (χ3n) is 7.40. The lowest BCUT2D eigenvalue weighted by molar-refractivity contribution is -0.326. The van der Waals surface area contributed by atoms with Gasteiger partial charge in [-0.15, -0.1) is 21.4 Å². The van der Waals surface area contributed by atoms with Gasteiger partial charge in [0.1, 0.15) is 17.3 Å². The van der Waals surface area contributed by atoms with E-state index in [2.05, 4.69) is 32.2 Å². The van der Waals surface area contributed by atoms with Gasteiger partial charge >= 0.3 is 12.5 Å². The Morgan fingerprint density at radius 2 is 1.73 bits per heavy atom. The summed E-state index contributed by atoms with van der Waals surface area (Å²) in [6, 6.07) is 8.34. The van der Waals surface area contributed by atoms with Crippen LogP contribution in [0.15, 0.2) is 69.4 Å². The molecule has 0 amide bonds. The topological polar surface area (TPSA) is 82.5 Å². The third-order valence-corrected chi connectivity index (χ3v) is 7.80. The lowest BCUT2D eigenvalue weighted by atomic mass is 9.84. The highest BCUT2D eigenvalue weighted by atomic mass is 32.1. The predicted molar refractivity (Wildman–Crippen MR) is 147 cm³/mol. The molecule has 2 aromatic carbocycles. The van der Waals surface area contributed by atoms with E-state index in [0.29, 0.717) is 11.1 Å². The van der Waals surface area contributed by atoms with Crippen molar-refractivity contribution in [2.75, 3.05) is 0 Å². The van der Waals surface area contributed by atoms with Gasteiger partial charge < -0.3 is 19.0 Å². The van der Waals surface area contributed by atoms with E-state index in [1.807, 2.05) is 0 Å². The maximum atomic E-state index is 14.8. The van der Waals surface area contributed by atoms with Gasteiger partial charge in [-0.3, -0.25) is 0 Å². The van der Waals surface area contributed by atoms with Crippen LogP contribution in [0, 0.1) is 25.6 Å². The molecule has 6 rings (SSSR count). The fourth-order valence-corrected chi connectivity index (χ4v) is 5.65. The predicted octanol–water partition coefficient (Wildman–Crippen LogP) is 7.85. The number of hydrogen-bond donors (Lipinski definition) is 2. The number of aromatic nitrogens is 3. The van der Waals surface area contributed by atoms with Gasteiger partial charge in [-0.1, -0.05) is 13.0 Å². The van der Waals surface area contributed by atoms with Crippen molar-refractivity contribution in [3.8, 4) is 28.1 Å². The van der Waals surface area contributed by atoms with Crippen molar-refractivity contribution in [3.05, 3.63) is 94.5 Å². The first-order valence-electron chi connectivity index (χ1n) is 13.2. The first-order valence-corrected chi connectivity index (χ1v) is 13.7. The molecule has 7 nitrogen and oxygen atoms in total. The smallest absolute Gasteiger partial charge is 0.445 e. The molecule has 1 saturated heterocycles. The van der Waals surface area contributed by atoms with Crippen LogP contribution < -0.4 is 0 Å². The van der Waals surface area contributed by atoms with E-state index in [0.717, 1.165) is 10.7 Å². The van der Waals surface area contributed by atoms with E-state index in [4.69, 9.17) is 4.42 Å². The van der Waals surface area contributed by atoms with Gasteiger partial charge in [0.2, 0.25) is 0 Å². The Balaban J connectivity index is 1.56. The van der Waals surface area contributed by atoms with E-state index in [1.54, 1.807) is 32.0 Å². The first-order chi connectivity index (χ1) is 20.6. The minimum Gasteiger partial charge on any atom is -0.445 e. The highest BCUT2D eigenvalue weighted by Gasteiger charge is 2.48. The van der Waals surface area contributed by atoms with Crippen molar-refractivity contribution in [3.63, 3.8) is 0 Å². The highest BCUT2D eigenvalue weighted by Crippen LogP contribution is 2.47. The van der Waals surface area contributed by atoms with Crippen LogP contribution in [0.4, 0.5) is 26.3 Å². The number of thiol groups is 1. The zero-order valence-corrected chi connectivity index (χ0v) is 24.1. The van der Waals surface area contributed by atoms with Crippen LogP contribution in [0.5, 0.6) is 0 Å². The number of halogens is 6. The number of benzene rings is 2. The lowest BCUT2D eigenvalue weighted by Crippen LogP contribution is -2.14. The van der Waals surface area contributed by atoms with Gasteiger partial charge in [-0.25, -0.2) is 14.1 Å². The quantitative estimate of drug-likeness (QED) is 0.172. The van der Waals surface area contributed by atoms with Crippen molar-refractivity contribution in [2.45, 2.75) is 50.7 Å². The monoisotopic (exact) mass is 635 g/mol. The summed E-state index contributed by atoms with van der Waals surface area (Å²) >= 11 is 4.29. The summed E-state index contributed by atoms with van der Waals surface area (Å²) < 4.78 is 99.6. The van der Waals surface area contributed by atoms with Gasteiger partial charge in [-0.2, -0.15) is 18.3 Å². The molecule has 2 aromatic heterocycles. The van der Waals surface area contributed by atoms with Crippen LogP contribution in [0.25, 0.3) is 28.1 Å². The average molecular weight is 636 g/mol. The molecule has 0 spiro atoms. The molecule has 1 aliphatic carbocycles. The normalized spacial score (nSPS) is 19.2. The molecular weight excluding hydrogens is 612 g/mol. The molecule has 2 aliphatic rings. The molecular formula is C30H23F6N3O4S. The lowest BCUT2D eigenvalue weighted by Gasteiger charge is -2.21. The van der Waals surface area contributed by atoms with Crippen molar-refractivity contribution >= 4 is 12.6 Å². The minimum atomic E-state index is -4.71. The van der Waals surface area contributed by atoms with Crippen molar-refractivity contribution in [1.29, 1.82) is 0 Å². The van der Waals surface area contributed by atoms with Crippen LogP contribution in [0.2, 0.25) is 0 Å². The molecule has 3 heterocycles. The Hall–Kier alpha value is -4.17. The number of nitrogens with zero attached hydrogens (tertiary/aromatic N) is 3. The van der Waals surface area contributed by atoms with Crippen molar-refractivity contribution < 1.29 is 45.3 Å². The van der Waals surface area contributed by atoms with Crippen LogP contribution in [-0.4, -0.2) is 26.2 Å². The highest BCUT2D eigenvalue weighted by molar-refractivity contribution is 7.80. The van der Waals surface area contributed by atoms with Crippen molar-refractivity contribution in [2.24, 2.45) is 5.92 Å². The Bertz CT molecular complexity index is 1840. The molecule has 230 valence electrons. The molecule has 2 unspecified atom stereocenters. The molecule has 0 saturated carbocycles. The number of alkyl halides is 5. The van der Waals surface area contributed by atoms with Crippen LogP contribution in [-0.2, 0) is 22.3 Å². The maximum absolute atomic E-state index is 14.8.